The van der Waals surface area contributed by atoms with Gasteiger partial charge in [0, 0.05) is 5.54 Å². The molecule has 0 saturated heterocycles. The Kier molecular flexibility index (Phi) is 3.21. The van der Waals surface area contributed by atoms with Gasteiger partial charge in [-0.25, -0.2) is 0 Å². The summed E-state index contributed by atoms with van der Waals surface area (Å²) in [5, 5.41) is 17.9. The summed E-state index contributed by atoms with van der Waals surface area (Å²) >= 11 is 0. The average molecular weight is 318 g/mol. The lowest BCUT2D eigenvalue weighted by Crippen LogP contribution is -2.60. The third-order valence-corrected chi connectivity index (χ3v) is 5.89. The summed E-state index contributed by atoms with van der Waals surface area (Å²) in [6.07, 6.45) is 7.30. The van der Waals surface area contributed by atoms with E-state index in [1.807, 2.05) is 0 Å². The molecule has 0 radical (unpaired) electrons. The number of aryl methyl sites for hydroxylation is 1. The Bertz CT molecular complexity index is 631. The molecule has 0 aromatic carbocycles. The first-order chi connectivity index (χ1) is 10.9. The minimum Gasteiger partial charge on any atom is -0.358 e. The van der Waals surface area contributed by atoms with Crippen LogP contribution >= 0.6 is 0 Å². The molecule has 1 aromatic heterocycles. The van der Waals surface area contributed by atoms with Crippen molar-refractivity contribution in [3.05, 3.63) is 21.9 Å². The van der Waals surface area contributed by atoms with E-state index in [0.29, 0.717) is 5.69 Å². The maximum absolute atomic E-state index is 12.5. The fourth-order valence-electron chi connectivity index (χ4n) is 5.48. The van der Waals surface area contributed by atoms with Gasteiger partial charge in [-0.1, -0.05) is 0 Å². The van der Waals surface area contributed by atoms with Crippen LogP contribution < -0.4 is 5.32 Å². The molecule has 124 valence electrons. The predicted molar refractivity (Wildman–Crippen MR) is 82.7 cm³/mol. The van der Waals surface area contributed by atoms with Gasteiger partial charge in [0.15, 0.2) is 0 Å². The zero-order valence-corrected chi connectivity index (χ0v) is 13.3. The molecule has 7 heteroatoms. The Morgan fingerprint density at radius 2 is 1.91 bits per heavy atom. The number of carbonyl (C=O) groups excluding carboxylic acids is 1. The molecule has 0 unspecified atom stereocenters. The van der Waals surface area contributed by atoms with E-state index in [-0.39, 0.29) is 23.8 Å². The van der Waals surface area contributed by atoms with E-state index in [2.05, 4.69) is 10.4 Å². The molecule has 4 saturated carbocycles. The summed E-state index contributed by atoms with van der Waals surface area (Å²) in [5.74, 6) is 2.04. The van der Waals surface area contributed by atoms with E-state index in [1.165, 1.54) is 30.0 Å². The number of carbonyl (C=O) groups is 1. The van der Waals surface area contributed by atoms with Gasteiger partial charge in [0.1, 0.15) is 6.54 Å². The van der Waals surface area contributed by atoms with Crippen LogP contribution in [0.15, 0.2) is 6.07 Å². The van der Waals surface area contributed by atoms with Crippen LogP contribution in [0.2, 0.25) is 0 Å². The van der Waals surface area contributed by atoms with Crippen LogP contribution in [0.25, 0.3) is 0 Å². The maximum Gasteiger partial charge on any atom is 0.390 e. The minimum atomic E-state index is -0.527. The lowest BCUT2D eigenvalue weighted by Gasteiger charge is -2.56. The molecule has 1 N–H and O–H groups in total. The molecule has 0 aliphatic heterocycles. The SMILES string of the molecule is Cc1cc([N+](=O)[O-])nn1CC(=O)NC12CC3CC(CC(C3)C1)C2. The Morgan fingerprint density at radius 1 is 1.35 bits per heavy atom. The molecule has 1 aromatic rings. The second-order valence-corrected chi connectivity index (χ2v) is 7.80. The van der Waals surface area contributed by atoms with Gasteiger partial charge in [-0.05, 0) is 68.1 Å². The molecule has 5 rings (SSSR count). The highest BCUT2D eigenvalue weighted by molar-refractivity contribution is 5.76. The number of nitro groups is 1. The monoisotopic (exact) mass is 318 g/mol. The summed E-state index contributed by atoms with van der Waals surface area (Å²) in [6.45, 7) is 1.79. The molecule has 0 atom stereocenters. The first-order valence-corrected chi connectivity index (χ1v) is 8.42. The van der Waals surface area contributed by atoms with Gasteiger partial charge >= 0.3 is 5.82 Å². The zero-order valence-electron chi connectivity index (χ0n) is 13.3. The molecular formula is C16H22N4O3. The smallest absolute Gasteiger partial charge is 0.358 e. The largest absolute Gasteiger partial charge is 0.390 e. The quantitative estimate of drug-likeness (QED) is 0.680. The van der Waals surface area contributed by atoms with Gasteiger partial charge < -0.3 is 15.4 Å². The van der Waals surface area contributed by atoms with E-state index in [4.69, 9.17) is 0 Å². The van der Waals surface area contributed by atoms with Crippen molar-refractivity contribution in [1.82, 2.24) is 15.1 Å². The van der Waals surface area contributed by atoms with Crippen LogP contribution in [0, 0.1) is 34.8 Å². The summed E-state index contributed by atoms with van der Waals surface area (Å²) in [5.41, 5.74) is 0.608. The van der Waals surface area contributed by atoms with Crippen LogP contribution in [0.1, 0.15) is 44.2 Å². The number of hydrogen-bond donors (Lipinski definition) is 1. The van der Waals surface area contributed by atoms with Crippen LogP contribution in [0.5, 0.6) is 0 Å². The van der Waals surface area contributed by atoms with Crippen LogP contribution in [0.3, 0.4) is 0 Å². The molecule has 4 aliphatic carbocycles. The van der Waals surface area contributed by atoms with Crippen molar-refractivity contribution in [2.45, 2.75) is 57.5 Å². The molecule has 0 spiro atoms. The Balaban J connectivity index is 1.45. The topological polar surface area (TPSA) is 90.1 Å². The van der Waals surface area contributed by atoms with Gasteiger partial charge in [-0.15, -0.1) is 0 Å². The molecule has 1 heterocycles. The number of nitrogens with zero attached hydrogens (tertiary/aromatic N) is 3. The molecule has 1 amide bonds. The van der Waals surface area contributed by atoms with E-state index in [1.54, 1.807) is 6.92 Å². The normalized spacial score (nSPS) is 34.6. The second kappa shape index (κ2) is 5.04. The predicted octanol–water partition coefficient (Wildman–Crippen LogP) is 2.18. The number of amides is 1. The summed E-state index contributed by atoms with van der Waals surface area (Å²) in [4.78, 5) is 22.7. The first kappa shape index (κ1) is 14.7. The maximum atomic E-state index is 12.5. The molecule has 7 nitrogen and oxygen atoms in total. The van der Waals surface area contributed by atoms with E-state index in [0.717, 1.165) is 37.0 Å². The Hall–Kier alpha value is -1.92. The lowest BCUT2D eigenvalue weighted by molar-refractivity contribution is -0.389. The van der Waals surface area contributed by atoms with Crippen molar-refractivity contribution < 1.29 is 9.72 Å². The Labute approximate surface area is 134 Å². The first-order valence-electron chi connectivity index (χ1n) is 8.42. The highest BCUT2D eigenvalue weighted by Crippen LogP contribution is 2.55. The van der Waals surface area contributed by atoms with Crippen molar-refractivity contribution in [2.24, 2.45) is 17.8 Å². The molecule has 4 bridgehead atoms. The number of aromatic nitrogens is 2. The number of rotatable bonds is 4. The standard InChI is InChI=1S/C16H22N4O3/c1-10-2-14(20(22)23)18-19(10)9-15(21)17-16-6-11-3-12(7-16)5-13(4-11)8-16/h2,11-13H,3-9H2,1H3,(H,17,21). The van der Waals surface area contributed by atoms with Gasteiger partial charge in [0.2, 0.25) is 5.91 Å². The van der Waals surface area contributed by atoms with Crippen LogP contribution in [-0.4, -0.2) is 26.1 Å². The lowest BCUT2D eigenvalue weighted by atomic mass is 9.53. The van der Waals surface area contributed by atoms with Crippen LogP contribution in [-0.2, 0) is 11.3 Å². The fourth-order valence-corrected chi connectivity index (χ4v) is 5.48. The summed E-state index contributed by atoms with van der Waals surface area (Å²) in [6, 6.07) is 1.40. The van der Waals surface area contributed by atoms with E-state index < -0.39 is 4.92 Å². The Morgan fingerprint density at radius 3 is 2.39 bits per heavy atom. The molecule has 4 fully saturated rings. The van der Waals surface area contributed by atoms with Gasteiger partial charge in [0.05, 0.1) is 16.9 Å². The summed E-state index contributed by atoms with van der Waals surface area (Å²) in [7, 11) is 0. The number of nitrogens with one attached hydrogen (secondary N) is 1. The van der Waals surface area contributed by atoms with Crippen molar-refractivity contribution >= 4 is 11.7 Å². The van der Waals surface area contributed by atoms with E-state index >= 15 is 0 Å². The van der Waals surface area contributed by atoms with Gasteiger partial charge in [-0.2, -0.15) is 4.68 Å². The van der Waals surface area contributed by atoms with Crippen molar-refractivity contribution in [1.29, 1.82) is 0 Å². The fraction of sp³-hybridized carbons (Fsp3) is 0.750. The highest BCUT2D eigenvalue weighted by atomic mass is 16.6. The highest BCUT2D eigenvalue weighted by Gasteiger charge is 2.51. The van der Waals surface area contributed by atoms with Gasteiger partial charge in [-0.3, -0.25) is 4.79 Å². The zero-order chi connectivity index (χ0) is 16.2. The van der Waals surface area contributed by atoms with Crippen molar-refractivity contribution in [3.8, 4) is 0 Å². The van der Waals surface area contributed by atoms with E-state index in [9.17, 15) is 14.9 Å². The molecular weight excluding hydrogens is 296 g/mol. The third kappa shape index (κ3) is 2.62. The molecule has 23 heavy (non-hydrogen) atoms. The molecule has 4 aliphatic rings. The summed E-state index contributed by atoms with van der Waals surface area (Å²) < 4.78 is 1.42. The number of hydrogen-bond acceptors (Lipinski definition) is 4. The van der Waals surface area contributed by atoms with Crippen LogP contribution in [0.4, 0.5) is 5.82 Å². The second-order valence-electron chi connectivity index (χ2n) is 7.80. The van der Waals surface area contributed by atoms with Crippen molar-refractivity contribution in [2.75, 3.05) is 0 Å². The third-order valence-electron chi connectivity index (χ3n) is 5.89. The van der Waals surface area contributed by atoms with Crippen molar-refractivity contribution in [3.63, 3.8) is 0 Å². The van der Waals surface area contributed by atoms with Gasteiger partial charge in [0.25, 0.3) is 0 Å². The average Bonchev–Trinajstić information content (AvgIpc) is 2.78. The minimum absolute atomic E-state index is 0.0289.